The van der Waals surface area contributed by atoms with Crippen molar-refractivity contribution in [2.24, 2.45) is 0 Å². The quantitative estimate of drug-likeness (QED) is 0.354. The van der Waals surface area contributed by atoms with Crippen LogP contribution in [-0.4, -0.2) is 61.2 Å². The van der Waals surface area contributed by atoms with E-state index in [-0.39, 0.29) is 11.7 Å². The second kappa shape index (κ2) is 12.0. The highest BCUT2D eigenvalue weighted by Gasteiger charge is 2.19. The first-order chi connectivity index (χ1) is 16.6. The van der Waals surface area contributed by atoms with Crippen molar-refractivity contribution in [2.45, 2.75) is 16.6 Å². The topological polar surface area (TPSA) is 70.6 Å². The van der Waals surface area contributed by atoms with Gasteiger partial charge in [-0.15, -0.1) is 11.8 Å². The molecule has 0 atom stereocenters. The van der Waals surface area contributed by atoms with Crippen LogP contribution in [0.3, 0.4) is 0 Å². The summed E-state index contributed by atoms with van der Waals surface area (Å²) in [5.41, 5.74) is 2.29. The monoisotopic (exact) mass is 495 g/mol. The number of carbonyl (C=O) groups excluding carboxylic acids is 1. The van der Waals surface area contributed by atoms with Crippen LogP contribution in [0.5, 0.6) is 5.75 Å². The van der Waals surface area contributed by atoms with E-state index in [0.717, 1.165) is 43.3 Å². The van der Waals surface area contributed by atoms with Gasteiger partial charge in [0, 0.05) is 49.5 Å². The van der Waals surface area contributed by atoms with Crippen LogP contribution in [0.25, 0.3) is 0 Å². The van der Waals surface area contributed by atoms with Crippen molar-refractivity contribution in [3.63, 3.8) is 0 Å². The number of anilines is 2. The minimum absolute atomic E-state index is 0.0268. The van der Waals surface area contributed by atoms with Crippen molar-refractivity contribution >= 4 is 40.9 Å². The molecule has 0 spiro atoms. The maximum atomic E-state index is 12.3. The number of hydrogen-bond donors (Lipinski definition) is 1. The van der Waals surface area contributed by atoms with Gasteiger partial charge in [-0.3, -0.25) is 4.79 Å². The summed E-state index contributed by atoms with van der Waals surface area (Å²) in [6.07, 6.45) is 3.82. The number of nitrogens with zero attached hydrogens (tertiary/aromatic N) is 4. The number of methoxy groups -OCH3 is 1. The van der Waals surface area contributed by atoms with E-state index >= 15 is 0 Å². The van der Waals surface area contributed by atoms with Crippen molar-refractivity contribution in [3.05, 3.63) is 66.4 Å². The lowest BCUT2D eigenvalue weighted by atomic mass is 10.2. The lowest BCUT2D eigenvalue weighted by Gasteiger charge is -2.36. The van der Waals surface area contributed by atoms with Crippen LogP contribution in [0.1, 0.15) is 5.56 Å². The Morgan fingerprint density at radius 2 is 1.71 bits per heavy atom. The maximum absolute atomic E-state index is 12.3. The van der Waals surface area contributed by atoms with Gasteiger partial charge in [0.15, 0.2) is 5.16 Å². The summed E-state index contributed by atoms with van der Waals surface area (Å²) in [6.45, 7) is 4.11. The lowest BCUT2D eigenvalue weighted by Crippen LogP contribution is -2.46. The van der Waals surface area contributed by atoms with Crippen molar-refractivity contribution < 1.29 is 9.53 Å². The van der Waals surface area contributed by atoms with E-state index < -0.39 is 0 Å². The number of rotatable bonds is 9. The molecule has 0 saturated carbocycles. The highest BCUT2D eigenvalue weighted by Crippen LogP contribution is 2.23. The van der Waals surface area contributed by atoms with E-state index in [1.54, 1.807) is 25.1 Å². The van der Waals surface area contributed by atoms with Crippen molar-refractivity contribution in [2.75, 3.05) is 55.1 Å². The Kier molecular flexibility index (Phi) is 8.54. The fourth-order valence-electron chi connectivity index (χ4n) is 3.69. The molecule has 2 aromatic carbocycles. The predicted molar refractivity (Wildman–Crippen MR) is 140 cm³/mol. The molecule has 178 valence electrons. The third-order valence-corrected chi connectivity index (χ3v) is 7.25. The molecule has 4 rings (SSSR count). The first-order valence-electron chi connectivity index (χ1n) is 11.1. The molecule has 1 N–H and O–H groups in total. The second-order valence-corrected chi connectivity index (χ2v) is 9.61. The fourth-order valence-corrected chi connectivity index (χ4v) is 4.75. The minimum Gasteiger partial charge on any atom is -0.497 e. The van der Waals surface area contributed by atoms with Gasteiger partial charge < -0.3 is 19.9 Å². The number of ether oxygens (including phenoxy) is 1. The van der Waals surface area contributed by atoms with Crippen LogP contribution < -0.4 is 19.9 Å². The van der Waals surface area contributed by atoms with Gasteiger partial charge in [-0.1, -0.05) is 23.9 Å². The average molecular weight is 496 g/mol. The summed E-state index contributed by atoms with van der Waals surface area (Å²) in [5.74, 6) is 2.03. The maximum Gasteiger partial charge on any atom is 0.230 e. The number of aromatic nitrogens is 2. The van der Waals surface area contributed by atoms with Crippen LogP contribution in [0.15, 0.2) is 70.8 Å². The lowest BCUT2D eigenvalue weighted by molar-refractivity contribution is -0.118. The molecule has 9 heteroatoms. The third-order valence-electron chi connectivity index (χ3n) is 5.64. The zero-order valence-corrected chi connectivity index (χ0v) is 21.1. The van der Waals surface area contributed by atoms with E-state index in [4.69, 9.17) is 4.74 Å². The molecule has 1 aromatic heterocycles. The molecule has 1 aliphatic heterocycles. The van der Waals surface area contributed by atoms with E-state index in [1.165, 1.54) is 22.3 Å². The van der Waals surface area contributed by atoms with Crippen LogP contribution in [0.4, 0.5) is 11.5 Å². The molecule has 0 bridgehead atoms. The molecule has 0 radical (unpaired) electrons. The minimum atomic E-state index is -0.0268. The fraction of sp³-hybridized carbons (Fsp3) is 0.320. The van der Waals surface area contributed by atoms with Gasteiger partial charge in [0.25, 0.3) is 0 Å². The van der Waals surface area contributed by atoms with Gasteiger partial charge in [0.1, 0.15) is 11.6 Å². The predicted octanol–water partition coefficient (Wildman–Crippen LogP) is 3.94. The first-order valence-corrected chi connectivity index (χ1v) is 13.3. The molecule has 1 saturated heterocycles. The highest BCUT2D eigenvalue weighted by atomic mass is 32.2. The van der Waals surface area contributed by atoms with Crippen LogP contribution >= 0.6 is 23.5 Å². The zero-order valence-electron chi connectivity index (χ0n) is 19.4. The summed E-state index contributed by atoms with van der Waals surface area (Å²) >= 11 is 3.07. The second-order valence-electron chi connectivity index (χ2n) is 7.78. The molecule has 7 nitrogen and oxygen atoms in total. The third kappa shape index (κ3) is 6.57. The normalized spacial score (nSPS) is 13.6. The molecule has 1 aliphatic rings. The SMILES string of the molecule is COc1ccc(N2CCN(c3ccnc(SCC(=O)NCc4ccc(SC)cc4)n3)CC2)cc1. The zero-order chi connectivity index (χ0) is 23.8. The van der Waals surface area contributed by atoms with Crippen molar-refractivity contribution in [1.82, 2.24) is 15.3 Å². The van der Waals surface area contributed by atoms with E-state index in [9.17, 15) is 4.79 Å². The summed E-state index contributed by atoms with van der Waals surface area (Å²) in [7, 11) is 1.68. The number of thioether (sulfide) groups is 2. The number of carbonyl (C=O) groups is 1. The summed E-state index contributed by atoms with van der Waals surface area (Å²) in [5, 5.41) is 3.59. The number of hydrogen-bond acceptors (Lipinski definition) is 8. The van der Waals surface area contributed by atoms with Gasteiger partial charge >= 0.3 is 0 Å². The number of amides is 1. The van der Waals surface area contributed by atoms with Gasteiger partial charge in [-0.2, -0.15) is 0 Å². The smallest absolute Gasteiger partial charge is 0.230 e. The van der Waals surface area contributed by atoms with Gasteiger partial charge in [-0.25, -0.2) is 9.97 Å². The Bertz CT molecular complexity index is 1070. The van der Waals surface area contributed by atoms with Crippen LogP contribution in [0, 0.1) is 0 Å². The molecule has 0 unspecified atom stereocenters. The van der Waals surface area contributed by atoms with Gasteiger partial charge in [-0.05, 0) is 54.3 Å². The Balaban J connectivity index is 1.24. The van der Waals surface area contributed by atoms with Crippen molar-refractivity contribution in [1.29, 1.82) is 0 Å². The number of benzene rings is 2. The van der Waals surface area contributed by atoms with Gasteiger partial charge in [0.2, 0.25) is 5.91 Å². The molecular formula is C25H29N5O2S2. The molecule has 1 fully saturated rings. The van der Waals surface area contributed by atoms with E-state index in [0.29, 0.717) is 11.7 Å². The molecule has 1 amide bonds. The number of piperazine rings is 1. The summed E-state index contributed by atoms with van der Waals surface area (Å²) in [4.78, 5) is 27.2. The van der Waals surface area contributed by atoms with E-state index in [1.807, 2.05) is 36.6 Å². The van der Waals surface area contributed by atoms with Crippen LogP contribution in [0.2, 0.25) is 0 Å². The summed E-state index contributed by atoms with van der Waals surface area (Å²) in [6, 6.07) is 18.3. The van der Waals surface area contributed by atoms with Crippen LogP contribution in [-0.2, 0) is 11.3 Å². The van der Waals surface area contributed by atoms with Gasteiger partial charge in [0.05, 0.1) is 12.9 Å². The Hall–Kier alpha value is -2.91. The Labute approximate surface area is 209 Å². The summed E-state index contributed by atoms with van der Waals surface area (Å²) < 4.78 is 5.25. The standard InChI is InChI=1S/C25H29N5O2S2/c1-32-21-7-5-20(6-8-21)29-13-15-30(16-14-29)23-11-12-26-25(28-23)34-18-24(31)27-17-19-3-9-22(33-2)10-4-19/h3-12H,13-18H2,1-2H3,(H,27,31). The molecule has 0 aliphatic carbocycles. The number of nitrogens with one attached hydrogen (secondary N) is 1. The van der Waals surface area contributed by atoms with E-state index in [2.05, 4.69) is 49.4 Å². The largest absolute Gasteiger partial charge is 0.497 e. The highest BCUT2D eigenvalue weighted by molar-refractivity contribution is 7.99. The molecule has 3 aromatic rings. The Morgan fingerprint density at radius 1 is 1.00 bits per heavy atom. The average Bonchev–Trinajstić information content (AvgIpc) is 2.91. The van der Waals surface area contributed by atoms with Crippen molar-refractivity contribution in [3.8, 4) is 5.75 Å². The Morgan fingerprint density at radius 3 is 2.38 bits per heavy atom. The first kappa shape index (κ1) is 24.2. The molecular weight excluding hydrogens is 466 g/mol. The molecule has 2 heterocycles. The molecule has 34 heavy (non-hydrogen) atoms.